The fourth-order valence-corrected chi connectivity index (χ4v) is 7.11. The van der Waals surface area contributed by atoms with Crippen molar-refractivity contribution in [2.24, 2.45) is 0 Å². The number of hydrogen-bond donors (Lipinski definition) is 3. The normalized spacial score (nSPS) is 11.8. The zero-order valence-electron chi connectivity index (χ0n) is 22.8. The molecule has 216 valence electrons. The maximum atomic E-state index is 13.6. The number of anilines is 4. The quantitative estimate of drug-likeness (QED) is 0.184. The van der Waals surface area contributed by atoms with Crippen molar-refractivity contribution < 1.29 is 16.8 Å². The zero-order chi connectivity index (χ0) is 30.2. The zero-order valence-corrected chi connectivity index (χ0v) is 24.5. The molecule has 0 saturated heterocycles. The van der Waals surface area contributed by atoms with Gasteiger partial charge in [-0.05, 0) is 73.2 Å². The molecule has 0 fully saturated rings. The predicted octanol–water partition coefficient (Wildman–Crippen LogP) is 5.77. The number of benzene rings is 4. The third-order valence-corrected chi connectivity index (χ3v) is 9.85. The Morgan fingerprint density at radius 2 is 1.47 bits per heavy atom. The summed E-state index contributed by atoms with van der Waals surface area (Å²) in [5.41, 5.74) is 9.47. The Hall–Kier alpha value is -5.20. The molecule has 6 aromatic rings. The Bertz CT molecular complexity index is 2180. The molecule has 0 aliphatic rings. The van der Waals surface area contributed by atoms with E-state index in [-0.39, 0.29) is 15.7 Å². The van der Waals surface area contributed by atoms with Gasteiger partial charge in [0.1, 0.15) is 0 Å². The molecule has 0 radical (unpaired) electrons. The van der Waals surface area contributed by atoms with Crippen molar-refractivity contribution in [1.82, 2.24) is 13.9 Å². The first-order chi connectivity index (χ1) is 20.6. The lowest BCUT2D eigenvalue weighted by Crippen LogP contribution is -2.13. The van der Waals surface area contributed by atoms with E-state index in [1.54, 1.807) is 79.1 Å². The fraction of sp³-hybridized carbons (Fsp3) is 0.0323. The highest BCUT2D eigenvalue weighted by molar-refractivity contribution is 7.92. The smallest absolute Gasteiger partial charge is 0.268 e. The van der Waals surface area contributed by atoms with E-state index in [2.05, 4.69) is 15.0 Å². The average molecular weight is 611 g/mol. The summed E-state index contributed by atoms with van der Waals surface area (Å²) in [6, 6.07) is 28.1. The second-order valence-electron chi connectivity index (χ2n) is 9.78. The number of nitrogens with two attached hydrogens (primary N) is 1. The van der Waals surface area contributed by atoms with Gasteiger partial charge >= 0.3 is 0 Å². The average Bonchev–Trinajstić information content (AvgIpc) is 3.39. The molecule has 0 atom stereocenters. The summed E-state index contributed by atoms with van der Waals surface area (Å²) in [5, 5.41) is 3.84. The van der Waals surface area contributed by atoms with E-state index >= 15 is 0 Å². The topological polar surface area (TPSA) is 149 Å². The number of nitrogen functional groups attached to an aromatic ring is 1. The summed E-state index contributed by atoms with van der Waals surface area (Å²) >= 11 is 0. The van der Waals surface area contributed by atoms with Gasteiger partial charge in [0.2, 0.25) is 5.95 Å². The molecule has 0 spiro atoms. The first-order valence-electron chi connectivity index (χ1n) is 13.1. The van der Waals surface area contributed by atoms with Gasteiger partial charge in [0.05, 0.1) is 26.7 Å². The number of sulfonamides is 1. The highest BCUT2D eigenvalue weighted by atomic mass is 32.2. The van der Waals surface area contributed by atoms with E-state index in [4.69, 9.17) is 10.7 Å². The second-order valence-corrected chi connectivity index (χ2v) is 13.3. The highest BCUT2D eigenvalue weighted by Crippen LogP contribution is 2.34. The van der Waals surface area contributed by atoms with Crippen molar-refractivity contribution in [3.63, 3.8) is 0 Å². The van der Waals surface area contributed by atoms with Crippen LogP contribution in [-0.4, -0.2) is 30.8 Å². The Morgan fingerprint density at radius 3 is 2.23 bits per heavy atom. The van der Waals surface area contributed by atoms with E-state index < -0.39 is 20.0 Å². The number of nitrogens with one attached hydrogen (secondary N) is 2. The van der Waals surface area contributed by atoms with Gasteiger partial charge in [-0.1, -0.05) is 42.5 Å². The van der Waals surface area contributed by atoms with Crippen LogP contribution in [-0.2, 0) is 20.0 Å². The number of para-hydroxylation sites is 1. The van der Waals surface area contributed by atoms with Crippen LogP contribution >= 0.6 is 0 Å². The Morgan fingerprint density at radius 1 is 0.767 bits per heavy atom. The fourth-order valence-electron chi connectivity index (χ4n) is 4.67. The number of nitrogens with zero attached hydrogens (tertiary/aromatic N) is 3. The van der Waals surface area contributed by atoms with Crippen molar-refractivity contribution in [1.29, 1.82) is 0 Å². The van der Waals surface area contributed by atoms with Gasteiger partial charge in [0.15, 0.2) is 0 Å². The largest absolute Gasteiger partial charge is 0.399 e. The molecule has 12 heteroatoms. The summed E-state index contributed by atoms with van der Waals surface area (Å²) in [6.45, 7) is 1.85. The van der Waals surface area contributed by atoms with E-state index in [1.807, 2.05) is 19.1 Å². The van der Waals surface area contributed by atoms with Crippen LogP contribution in [0.15, 0.2) is 125 Å². The van der Waals surface area contributed by atoms with Gasteiger partial charge < -0.3 is 11.1 Å². The molecule has 0 aliphatic heterocycles. The van der Waals surface area contributed by atoms with Crippen LogP contribution in [0.3, 0.4) is 0 Å². The van der Waals surface area contributed by atoms with Crippen molar-refractivity contribution in [2.75, 3.05) is 15.8 Å². The van der Waals surface area contributed by atoms with Gasteiger partial charge in [-0.25, -0.2) is 30.8 Å². The molecule has 4 aromatic carbocycles. The molecule has 6 rings (SSSR count). The van der Waals surface area contributed by atoms with Crippen LogP contribution in [0.5, 0.6) is 0 Å². The molecule has 43 heavy (non-hydrogen) atoms. The van der Waals surface area contributed by atoms with Crippen LogP contribution in [0.25, 0.3) is 22.2 Å². The summed E-state index contributed by atoms with van der Waals surface area (Å²) < 4.78 is 56.7. The SMILES string of the molecule is Cc1cnc(Nc2cccc(NS(=O)(=O)c3ccc(N)cc3)c2)nc1-c1cn(S(=O)(=O)c2ccccc2)c2ccccc12. The van der Waals surface area contributed by atoms with Crippen molar-refractivity contribution in [2.45, 2.75) is 16.7 Å². The molecule has 0 bridgehead atoms. The molecule has 2 heterocycles. The lowest BCUT2D eigenvalue weighted by Gasteiger charge is -2.12. The minimum absolute atomic E-state index is 0.0833. The standard InChI is InChI=1S/C31H26N6O4S2/c1-21-19-33-31(34-23-8-7-9-24(18-23)36-42(38,39)25-16-14-22(32)15-17-25)35-30(21)28-20-37(29-13-6-5-12-27(28)29)43(40,41)26-10-3-2-4-11-26/h2-20,36H,32H2,1H3,(H,33,34,35). The van der Waals surface area contributed by atoms with Crippen LogP contribution in [0.4, 0.5) is 23.0 Å². The van der Waals surface area contributed by atoms with Crippen LogP contribution < -0.4 is 15.8 Å². The summed E-state index contributed by atoms with van der Waals surface area (Å²) in [5.74, 6) is 0.252. The van der Waals surface area contributed by atoms with E-state index in [0.29, 0.717) is 39.2 Å². The van der Waals surface area contributed by atoms with Crippen molar-refractivity contribution in [3.8, 4) is 11.3 Å². The van der Waals surface area contributed by atoms with E-state index in [1.165, 1.54) is 28.2 Å². The monoisotopic (exact) mass is 610 g/mol. The van der Waals surface area contributed by atoms with Gasteiger partial charge in [-0.3, -0.25) is 4.72 Å². The number of aromatic nitrogens is 3. The molecular weight excluding hydrogens is 585 g/mol. The number of fused-ring (bicyclic) bond motifs is 1. The summed E-state index contributed by atoms with van der Waals surface area (Å²) in [6.07, 6.45) is 3.23. The highest BCUT2D eigenvalue weighted by Gasteiger charge is 2.23. The van der Waals surface area contributed by atoms with Crippen LogP contribution in [0.1, 0.15) is 5.56 Å². The molecule has 0 unspecified atom stereocenters. The van der Waals surface area contributed by atoms with Crippen LogP contribution in [0, 0.1) is 6.92 Å². The van der Waals surface area contributed by atoms with E-state index in [9.17, 15) is 16.8 Å². The van der Waals surface area contributed by atoms with Gasteiger partial charge in [-0.15, -0.1) is 0 Å². The van der Waals surface area contributed by atoms with Crippen LogP contribution in [0.2, 0.25) is 0 Å². The first-order valence-corrected chi connectivity index (χ1v) is 16.0. The Balaban J connectivity index is 1.34. The summed E-state index contributed by atoms with van der Waals surface area (Å²) in [7, 11) is -7.71. The second kappa shape index (κ2) is 10.9. The molecule has 10 nitrogen and oxygen atoms in total. The minimum Gasteiger partial charge on any atom is -0.399 e. The molecule has 4 N–H and O–H groups in total. The number of rotatable bonds is 8. The molecule has 0 aliphatic carbocycles. The lowest BCUT2D eigenvalue weighted by atomic mass is 10.1. The lowest BCUT2D eigenvalue weighted by molar-refractivity contribution is 0.589. The maximum absolute atomic E-state index is 13.6. The maximum Gasteiger partial charge on any atom is 0.268 e. The summed E-state index contributed by atoms with van der Waals surface area (Å²) in [4.78, 5) is 9.40. The number of aryl methyl sites for hydroxylation is 1. The number of hydrogen-bond acceptors (Lipinski definition) is 8. The van der Waals surface area contributed by atoms with Crippen molar-refractivity contribution in [3.05, 3.63) is 121 Å². The third kappa shape index (κ3) is 5.53. The molecular formula is C31H26N6O4S2. The first kappa shape index (κ1) is 27.9. The van der Waals surface area contributed by atoms with Gasteiger partial charge in [-0.2, -0.15) is 0 Å². The van der Waals surface area contributed by atoms with Gasteiger partial charge in [0.25, 0.3) is 20.0 Å². The molecule has 0 saturated carbocycles. The van der Waals surface area contributed by atoms with E-state index in [0.717, 1.165) is 5.56 Å². The third-order valence-electron chi connectivity index (χ3n) is 6.77. The minimum atomic E-state index is -3.87. The molecule has 2 aromatic heterocycles. The Labute approximate surface area is 249 Å². The molecule has 0 amide bonds. The predicted molar refractivity (Wildman–Crippen MR) is 168 cm³/mol. The Kier molecular flexibility index (Phi) is 7.08. The van der Waals surface area contributed by atoms with Gasteiger partial charge in [0, 0.05) is 34.7 Å². The van der Waals surface area contributed by atoms with Crippen molar-refractivity contribution >= 4 is 54.0 Å².